The first-order valence-corrected chi connectivity index (χ1v) is 8.46. The molecule has 3 heterocycles. The lowest BCUT2D eigenvalue weighted by molar-refractivity contribution is 0.0595. The SMILES string of the molecule is COC(=O)c1nn(Cc2ccc3ncc(Cl)cc3c2)c2ccnc(Cl)c12. The van der Waals surface area contributed by atoms with Gasteiger partial charge >= 0.3 is 5.97 Å². The summed E-state index contributed by atoms with van der Waals surface area (Å²) in [6, 6.07) is 9.48. The van der Waals surface area contributed by atoms with Crippen LogP contribution in [0.2, 0.25) is 10.2 Å². The molecule has 0 unspecified atom stereocenters. The number of nitrogens with zero attached hydrogens (tertiary/aromatic N) is 4. The van der Waals surface area contributed by atoms with Crippen LogP contribution >= 0.6 is 23.2 Å². The monoisotopic (exact) mass is 386 g/mol. The van der Waals surface area contributed by atoms with E-state index in [0.29, 0.717) is 22.5 Å². The Morgan fingerprint density at radius 2 is 2.04 bits per heavy atom. The number of ether oxygens (including phenoxy) is 1. The second-order valence-corrected chi connectivity index (χ2v) is 6.47. The fourth-order valence-electron chi connectivity index (χ4n) is 2.87. The van der Waals surface area contributed by atoms with Gasteiger partial charge in [0.15, 0.2) is 5.69 Å². The molecule has 0 saturated heterocycles. The van der Waals surface area contributed by atoms with Crippen molar-refractivity contribution in [2.45, 2.75) is 6.54 Å². The molecule has 0 aliphatic rings. The molecule has 4 aromatic rings. The second kappa shape index (κ2) is 6.55. The summed E-state index contributed by atoms with van der Waals surface area (Å²) in [5, 5.41) is 6.58. The third kappa shape index (κ3) is 2.87. The fourth-order valence-corrected chi connectivity index (χ4v) is 3.28. The average molecular weight is 387 g/mol. The summed E-state index contributed by atoms with van der Waals surface area (Å²) in [5.74, 6) is -0.557. The predicted octanol–water partition coefficient (Wildman–Crippen LogP) is 4.12. The molecule has 0 aliphatic heterocycles. The van der Waals surface area contributed by atoms with Crippen LogP contribution in [0.15, 0.2) is 42.7 Å². The van der Waals surface area contributed by atoms with Crippen LogP contribution in [0, 0.1) is 0 Å². The number of pyridine rings is 2. The van der Waals surface area contributed by atoms with Crippen LogP contribution in [0.3, 0.4) is 0 Å². The van der Waals surface area contributed by atoms with E-state index in [2.05, 4.69) is 15.1 Å². The quantitative estimate of drug-likeness (QED) is 0.391. The summed E-state index contributed by atoms with van der Waals surface area (Å²) in [5.41, 5.74) is 2.68. The number of rotatable bonds is 3. The molecule has 0 amide bonds. The molecule has 0 spiro atoms. The van der Waals surface area contributed by atoms with E-state index in [-0.39, 0.29) is 10.8 Å². The number of hydrogen-bond donors (Lipinski definition) is 0. The van der Waals surface area contributed by atoms with E-state index >= 15 is 0 Å². The van der Waals surface area contributed by atoms with Gasteiger partial charge in [-0.1, -0.05) is 29.3 Å². The van der Waals surface area contributed by atoms with Crippen LogP contribution in [0.4, 0.5) is 0 Å². The molecule has 0 aliphatic carbocycles. The van der Waals surface area contributed by atoms with E-state index in [1.54, 1.807) is 23.1 Å². The average Bonchev–Trinajstić information content (AvgIpc) is 3.00. The number of methoxy groups -OCH3 is 1. The summed E-state index contributed by atoms with van der Waals surface area (Å²) < 4.78 is 6.51. The highest BCUT2D eigenvalue weighted by Crippen LogP contribution is 2.26. The highest BCUT2D eigenvalue weighted by atomic mass is 35.5. The lowest BCUT2D eigenvalue weighted by atomic mass is 10.1. The van der Waals surface area contributed by atoms with E-state index in [1.165, 1.54) is 7.11 Å². The van der Waals surface area contributed by atoms with E-state index in [9.17, 15) is 4.79 Å². The molecule has 3 aromatic heterocycles. The van der Waals surface area contributed by atoms with E-state index in [4.69, 9.17) is 27.9 Å². The highest BCUT2D eigenvalue weighted by Gasteiger charge is 2.21. The van der Waals surface area contributed by atoms with Gasteiger partial charge in [-0.05, 0) is 29.8 Å². The molecule has 26 heavy (non-hydrogen) atoms. The fraction of sp³-hybridized carbons (Fsp3) is 0.111. The van der Waals surface area contributed by atoms with Gasteiger partial charge in [-0.3, -0.25) is 9.67 Å². The van der Waals surface area contributed by atoms with Crippen molar-refractivity contribution >= 4 is 51.0 Å². The maximum Gasteiger partial charge on any atom is 0.359 e. The Morgan fingerprint density at radius 3 is 2.85 bits per heavy atom. The molecule has 130 valence electrons. The molecular formula is C18H12Cl2N4O2. The zero-order chi connectivity index (χ0) is 18.3. The minimum Gasteiger partial charge on any atom is -0.464 e. The highest BCUT2D eigenvalue weighted by molar-refractivity contribution is 6.35. The van der Waals surface area contributed by atoms with Crippen molar-refractivity contribution in [3.05, 3.63) is 64.2 Å². The van der Waals surface area contributed by atoms with Gasteiger partial charge in [0.05, 0.1) is 35.1 Å². The van der Waals surface area contributed by atoms with Gasteiger partial charge < -0.3 is 4.74 Å². The van der Waals surface area contributed by atoms with Crippen molar-refractivity contribution < 1.29 is 9.53 Å². The largest absolute Gasteiger partial charge is 0.464 e. The van der Waals surface area contributed by atoms with E-state index in [1.807, 2.05) is 24.3 Å². The Hall–Kier alpha value is -2.70. The number of hydrogen-bond acceptors (Lipinski definition) is 5. The maximum absolute atomic E-state index is 12.1. The van der Waals surface area contributed by atoms with Crippen molar-refractivity contribution in [3.8, 4) is 0 Å². The molecule has 6 nitrogen and oxygen atoms in total. The van der Waals surface area contributed by atoms with Crippen molar-refractivity contribution in [2.24, 2.45) is 0 Å². The van der Waals surface area contributed by atoms with Gasteiger partial charge in [0.1, 0.15) is 5.15 Å². The standard InChI is InChI=1S/C18H12Cl2N4O2/c1-26-18(25)16-15-14(4-5-21-17(15)20)24(23-16)9-10-2-3-13-11(6-10)7-12(19)8-22-13/h2-8H,9H2,1H3. The third-order valence-corrected chi connectivity index (χ3v) is 4.53. The smallest absolute Gasteiger partial charge is 0.359 e. The molecule has 1 aromatic carbocycles. The Morgan fingerprint density at radius 1 is 1.19 bits per heavy atom. The Bertz CT molecular complexity index is 1160. The number of esters is 1. The van der Waals surface area contributed by atoms with Gasteiger partial charge in [0.25, 0.3) is 0 Å². The summed E-state index contributed by atoms with van der Waals surface area (Å²) >= 11 is 12.2. The number of halogens is 2. The van der Waals surface area contributed by atoms with Gasteiger partial charge in [-0.15, -0.1) is 0 Å². The van der Waals surface area contributed by atoms with Crippen molar-refractivity contribution in [2.75, 3.05) is 7.11 Å². The van der Waals surface area contributed by atoms with Gasteiger partial charge in [0.2, 0.25) is 0 Å². The van der Waals surface area contributed by atoms with Gasteiger partial charge in [-0.25, -0.2) is 9.78 Å². The molecule has 0 fully saturated rings. The van der Waals surface area contributed by atoms with Crippen LogP contribution < -0.4 is 0 Å². The van der Waals surface area contributed by atoms with Crippen molar-refractivity contribution in [1.29, 1.82) is 0 Å². The Balaban J connectivity index is 1.82. The molecule has 0 N–H and O–H groups in total. The summed E-state index contributed by atoms with van der Waals surface area (Å²) in [7, 11) is 1.30. The lowest BCUT2D eigenvalue weighted by Gasteiger charge is -2.06. The Labute approximate surface area is 158 Å². The van der Waals surface area contributed by atoms with Crippen molar-refractivity contribution in [3.63, 3.8) is 0 Å². The normalized spacial score (nSPS) is 11.2. The molecular weight excluding hydrogens is 375 g/mol. The zero-order valence-corrected chi connectivity index (χ0v) is 15.1. The van der Waals surface area contributed by atoms with Crippen LogP contribution in [0.1, 0.15) is 16.1 Å². The number of benzene rings is 1. The predicted molar refractivity (Wildman–Crippen MR) is 99.7 cm³/mol. The Kier molecular flexibility index (Phi) is 4.22. The van der Waals surface area contributed by atoms with E-state index in [0.717, 1.165) is 16.5 Å². The minimum absolute atomic E-state index is 0.145. The van der Waals surface area contributed by atoms with Gasteiger partial charge in [0, 0.05) is 17.8 Å². The number of aromatic nitrogens is 4. The molecule has 8 heteroatoms. The number of fused-ring (bicyclic) bond motifs is 2. The second-order valence-electron chi connectivity index (χ2n) is 5.67. The number of carbonyl (C=O) groups excluding carboxylic acids is 1. The summed E-state index contributed by atoms with van der Waals surface area (Å²) in [6.07, 6.45) is 3.19. The molecule has 0 saturated carbocycles. The summed E-state index contributed by atoms with van der Waals surface area (Å²) in [4.78, 5) is 20.4. The van der Waals surface area contributed by atoms with Crippen LogP contribution in [0.25, 0.3) is 21.8 Å². The molecule has 4 rings (SSSR count). The number of carbonyl (C=O) groups is 1. The van der Waals surface area contributed by atoms with E-state index < -0.39 is 5.97 Å². The first kappa shape index (κ1) is 16.8. The third-order valence-electron chi connectivity index (χ3n) is 4.04. The zero-order valence-electron chi connectivity index (χ0n) is 13.6. The van der Waals surface area contributed by atoms with Crippen LogP contribution in [0.5, 0.6) is 0 Å². The lowest BCUT2D eigenvalue weighted by Crippen LogP contribution is -2.06. The summed E-state index contributed by atoms with van der Waals surface area (Å²) in [6.45, 7) is 0.441. The first-order chi connectivity index (χ1) is 12.6. The van der Waals surface area contributed by atoms with Crippen LogP contribution in [-0.4, -0.2) is 32.8 Å². The maximum atomic E-state index is 12.1. The topological polar surface area (TPSA) is 69.9 Å². The van der Waals surface area contributed by atoms with Crippen molar-refractivity contribution in [1.82, 2.24) is 19.7 Å². The van der Waals surface area contributed by atoms with Gasteiger partial charge in [-0.2, -0.15) is 5.10 Å². The molecule has 0 bridgehead atoms. The van der Waals surface area contributed by atoms with Crippen LogP contribution in [-0.2, 0) is 11.3 Å². The minimum atomic E-state index is -0.557. The molecule has 0 radical (unpaired) electrons. The molecule has 0 atom stereocenters. The first-order valence-electron chi connectivity index (χ1n) is 7.70.